The van der Waals surface area contributed by atoms with Crippen molar-refractivity contribution >= 4 is 11.0 Å². The Morgan fingerprint density at radius 2 is 1.75 bits per heavy atom. The summed E-state index contributed by atoms with van der Waals surface area (Å²) in [4.78, 5) is 0. The molecule has 88 valence electrons. The van der Waals surface area contributed by atoms with Gasteiger partial charge in [0.1, 0.15) is 0 Å². The second kappa shape index (κ2) is 5.11. The molecule has 0 bridgehead atoms. The average Bonchev–Trinajstić information content (AvgIpc) is 2.30. The van der Waals surface area contributed by atoms with Gasteiger partial charge in [-0.05, 0) is 31.2 Å². The molecule has 0 spiro atoms. The van der Waals surface area contributed by atoms with Crippen molar-refractivity contribution in [3.8, 4) is 0 Å². The molecule has 0 aromatic heterocycles. The zero-order valence-corrected chi connectivity index (χ0v) is 10.8. The van der Waals surface area contributed by atoms with E-state index in [1.165, 1.54) is 11.1 Å². The number of benzene rings is 1. The Kier molecular flexibility index (Phi) is 3.77. The predicted octanol–water partition coefficient (Wildman–Crippen LogP) is 2.47. The van der Waals surface area contributed by atoms with Gasteiger partial charge < -0.3 is 0 Å². The van der Waals surface area contributed by atoms with Crippen LogP contribution in [0.2, 0.25) is 0 Å². The second-order valence-corrected chi connectivity index (χ2v) is 5.90. The van der Waals surface area contributed by atoms with E-state index >= 15 is 0 Å². The van der Waals surface area contributed by atoms with Crippen molar-refractivity contribution in [3.63, 3.8) is 0 Å². The van der Waals surface area contributed by atoms with Gasteiger partial charge in [-0.15, -0.1) is 0 Å². The van der Waals surface area contributed by atoms with E-state index in [0.29, 0.717) is 5.92 Å². The minimum atomic E-state index is -0.794. The van der Waals surface area contributed by atoms with E-state index in [2.05, 4.69) is 35.5 Å². The summed E-state index contributed by atoms with van der Waals surface area (Å²) in [5.74, 6) is 0.653. The van der Waals surface area contributed by atoms with Gasteiger partial charge in [0.05, 0.1) is 11.0 Å². The number of hydrogen-bond donors (Lipinski definition) is 0. The highest BCUT2D eigenvalue weighted by Gasteiger charge is 2.21. The maximum atomic E-state index is 11.3. The maximum Gasteiger partial charge on any atom is 0.0910 e. The highest BCUT2D eigenvalue weighted by molar-refractivity contribution is 7.81. The Balaban J connectivity index is 1.99. The lowest BCUT2D eigenvalue weighted by Crippen LogP contribution is -2.33. The van der Waals surface area contributed by atoms with Crippen LogP contribution in [0.4, 0.5) is 0 Å². The Bertz CT molecular complexity index is 366. The molecule has 1 atom stereocenters. The van der Waals surface area contributed by atoms with Crippen LogP contribution in [0.5, 0.6) is 0 Å². The lowest BCUT2D eigenvalue weighted by atomic mass is 9.90. The molecule has 1 aliphatic rings. The van der Waals surface area contributed by atoms with Crippen molar-refractivity contribution in [2.75, 3.05) is 19.3 Å². The van der Waals surface area contributed by atoms with Crippen LogP contribution >= 0.6 is 0 Å². The zero-order chi connectivity index (χ0) is 11.5. The molecule has 1 saturated heterocycles. The fourth-order valence-electron chi connectivity index (χ4n) is 2.28. The summed E-state index contributed by atoms with van der Waals surface area (Å²) in [7, 11) is -0.794. The number of piperidine rings is 1. The van der Waals surface area contributed by atoms with Gasteiger partial charge in [0.25, 0.3) is 0 Å². The topological polar surface area (TPSA) is 20.3 Å². The number of nitrogens with zero attached hydrogens (tertiary/aromatic N) is 1. The van der Waals surface area contributed by atoms with E-state index in [1.807, 2.05) is 0 Å². The summed E-state index contributed by atoms with van der Waals surface area (Å²) in [5, 5.41) is 0. The summed E-state index contributed by atoms with van der Waals surface area (Å²) in [6.07, 6.45) is 4.03. The third-order valence-electron chi connectivity index (χ3n) is 3.37. The Labute approximate surface area is 100 Å². The zero-order valence-electron chi connectivity index (χ0n) is 9.98. The first-order valence-corrected chi connectivity index (χ1v) is 7.33. The minimum absolute atomic E-state index is 0.653. The molecule has 2 rings (SSSR count). The number of rotatable bonds is 2. The molecule has 1 aliphatic heterocycles. The first kappa shape index (κ1) is 11.8. The molecule has 3 heteroatoms. The van der Waals surface area contributed by atoms with Crippen LogP contribution in [0.3, 0.4) is 0 Å². The van der Waals surface area contributed by atoms with Crippen molar-refractivity contribution in [3.05, 3.63) is 35.4 Å². The third-order valence-corrected chi connectivity index (χ3v) is 4.46. The third kappa shape index (κ3) is 2.71. The summed E-state index contributed by atoms with van der Waals surface area (Å²) in [6.45, 7) is 4.04. The first-order valence-electron chi connectivity index (χ1n) is 5.82. The lowest BCUT2D eigenvalue weighted by molar-refractivity contribution is 0.335. The van der Waals surface area contributed by atoms with Crippen LogP contribution in [-0.4, -0.2) is 27.9 Å². The Morgan fingerprint density at radius 1 is 1.19 bits per heavy atom. The normalized spacial score (nSPS) is 20.9. The van der Waals surface area contributed by atoms with E-state index in [-0.39, 0.29) is 0 Å². The van der Waals surface area contributed by atoms with Crippen molar-refractivity contribution in [1.29, 1.82) is 0 Å². The highest BCUT2D eigenvalue weighted by Crippen LogP contribution is 2.28. The quantitative estimate of drug-likeness (QED) is 0.774. The van der Waals surface area contributed by atoms with E-state index < -0.39 is 11.0 Å². The largest absolute Gasteiger partial charge is 0.243 e. The van der Waals surface area contributed by atoms with E-state index in [1.54, 1.807) is 6.26 Å². The first-order chi connectivity index (χ1) is 7.66. The van der Waals surface area contributed by atoms with Crippen molar-refractivity contribution in [1.82, 2.24) is 4.31 Å². The van der Waals surface area contributed by atoms with Crippen LogP contribution in [-0.2, 0) is 11.0 Å². The van der Waals surface area contributed by atoms with Crippen molar-refractivity contribution < 1.29 is 4.21 Å². The molecule has 0 radical (unpaired) electrons. The van der Waals surface area contributed by atoms with Gasteiger partial charge in [-0.25, -0.2) is 8.51 Å². The average molecular weight is 237 g/mol. The SMILES string of the molecule is Cc1ccc(C2CCN(S(C)=O)CC2)cc1. The van der Waals surface area contributed by atoms with Gasteiger partial charge in [-0.3, -0.25) is 0 Å². The maximum absolute atomic E-state index is 11.3. The fraction of sp³-hybridized carbons (Fsp3) is 0.538. The van der Waals surface area contributed by atoms with E-state index in [9.17, 15) is 4.21 Å². The molecule has 0 saturated carbocycles. The molecule has 1 unspecified atom stereocenters. The fourth-order valence-corrected chi connectivity index (χ4v) is 3.01. The molecule has 0 amide bonds. The number of aryl methyl sites for hydroxylation is 1. The molecular formula is C13H19NOS. The van der Waals surface area contributed by atoms with E-state index in [0.717, 1.165) is 25.9 Å². The molecule has 0 aliphatic carbocycles. The van der Waals surface area contributed by atoms with Crippen LogP contribution in [0, 0.1) is 6.92 Å². The van der Waals surface area contributed by atoms with Crippen LogP contribution in [0.1, 0.15) is 29.9 Å². The van der Waals surface area contributed by atoms with Gasteiger partial charge >= 0.3 is 0 Å². The summed E-state index contributed by atoms with van der Waals surface area (Å²) in [5.41, 5.74) is 2.75. The van der Waals surface area contributed by atoms with Crippen LogP contribution in [0.15, 0.2) is 24.3 Å². The van der Waals surface area contributed by atoms with Crippen molar-refractivity contribution in [2.24, 2.45) is 0 Å². The minimum Gasteiger partial charge on any atom is -0.243 e. The second-order valence-electron chi connectivity index (χ2n) is 4.54. The van der Waals surface area contributed by atoms with Gasteiger partial charge in [0.15, 0.2) is 0 Å². The molecule has 1 aromatic carbocycles. The molecule has 1 aromatic rings. The standard InChI is InChI=1S/C13H19NOS/c1-11-3-5-12(6-4-11)13-7-9-14(10-8-13)16(2)15/h3-6,13H,7-10H2,1-2H3. The molecule has 16 heavy (non-hydrogen) atoms. The van der Waals surface area contributed by atoms with Crippen LogP contribution in [0.25, 0.3) is 0 Å². The Hall–Kier alpha value is -0.670. The predicted molar refractivity (Wildman–Crippen MR) is 68.8 cm³/mol. The molecule has 0 N–H and O–H groups in total. The highest BCUT2D eigenvalue weighted by atomic mass is 32.2. The lowest BCUT2D eigenvalue weighted by Gasteiger charge is -2.30. The monoisotopic (exact) mass is 237 g/mol. The smallest absolute Gasteiger partial charge is 0.0910 e. The summed E-state index contributed by atoms with van der Waals surface area (Å²) in [6, 6.07) is 8.83. The van der Waals surface area contributed by atoms with Gasteiger partial charge in [0, 0.05) is 19.3 Å². The van der Waals surface area contributed by atoms with Gasteiger partial charge in [-0.1, -0.05) is 29.8 Å². The summed E-state index contributed by atoms with van der Waals surface area (Å²) >= 11 is 0. The summed E-state index contributed by atoms with van der Waals surface area (Å²) < 4.78 is 13.4. The molecule has 1 fully saturated rings. The molecule has 2 nitrogen and oxygen atoms in total. The Morgan fingerprint density at radius 3 is 2.25 bits per heavy atom. The molecule has 1 heterocycles. The van der Waals surface area contributed by atoms with Crippen molar-refractivity contribution in [2.45, 2.75) is 25.7 Å². The van der Waals surface area contributed by atoms with Crippen LogP contribution < -0.4 is 0 Å². The molecular weight excluding hydrogens is 218 g/mol. The van der Waals surface area contributed by atoms with Gasteiger partial charge in [-0.2, -0.15) is 0 Å². The van der Waals surface area contributed by atoms with Gasteiger partial charge in [0.2, 0.25) is 0 Å². The number of hydrogen-bond acceptors (Lipinski definition) is 1. The van der Waals surface area contributed by atoms with E-state index in [4.69, 9.17) is 0 Å².